The number of rotatable bonds is 3. The minimum absolute atomic E-state index is 0.0402. The predicted octanol–water partition coefficient (Wildman–Crippen LogP) is 3.23. The van der Waals surface area contributed by atoms with Crippen molar-refractivity contribution in [2.24, 2.45) is 27.9 Å². The van der Waals surface area contributed by atoms with E-state index in [9.17, 15) is 4.79 Å². The molecule has 1 amide bonds. The molecular weight excluding hydrogens is 260 g/mol. The highest BCUT2D eigenvalue weighted by Crippen LogP contribution is 2.69. The van der Waals surface area contributed by atoms with Gasteiger partial charge in [0, 0.05) is 11.6 Å². The second-order valence-corrected chi connectivity index (χ2v) is 9.87. The van der Waals surface area contributed by atoms with Crippen LogP contribution in [0, 0.1) is 22.2 Å². The van der Waals surface area contributed by atoms with Gasteiger partial charge in [0.25, 0.3) is 0 Å². The van der Waals surface area contributed by atoms with Gasteiger partial charge in [-0.3, -0.25) is 4.79 Å². The molecule has 0 heterocycles. The predicted molar refractivity (Wildman–Crippen MR) is 85.7 cm³/mol. The van der Waals surface area contributed by atoms with Crippen LogP contribution in [0.15, 0.2) is 0 Å². The largest absolute Gasteiger partial charge is 0.349 e. The van der Waals surface area contributed by atoms with Gasteiger partial charge < -0.3 is 11.1 Å². The second-order valence-electron chi connectivity index (χ2n) is 9.87. The van der Waals surface area contributed by atoms with Gasteiger partial charge in [-0.1, -0.05) is 13.8 Å². The molecule has 4 rings (SSSR count). The van der Waals surface area contributed by atoms with Crippen LogP contribution in [0.4, 0.5) is 0 Å². The lowest BCUT2D eigenvalue weighted by Gasteiger charge is -2.64. The summed E-state index contributed by atoms with van der Waals surface area (Å²) in [7, 11) is 0. The van der Waals surface area contributed by atoms with E-state index < -0.39 is 0 Å². The van der Waals surface area contributed by atoms with Crippen LogP contribution in [0.2, 0.25) is 0 Å². The minimum atomic E-state index is -0.331. The summed E-state index contributed by atoms with van der Waals surface area (Å²) >= 11 is 0. The number of amides is 1. The summed E-state index contributed by atoms with van der Waals surface area (Å²) in [6.07, 6.45) is 7.21. The fraction of sp³-hybridized carbons (Fsp3) is 0.944. The summed E-state index contributed by atoms with van der Waals surface area (Å²) < 4.78 is 0. The molecule has 21 heavy (non-hydrogen) atoms. The number of hydrogen-bond donors (Lipinski definition) is 2. The normalized spacial score (nSPS) is 46.5. The maximum Gasteiger partial charge on any atom is 0.226 e. The highest BCUT2D eigenvalue weighted by molar-refractivity contribution is 5.84. The molecule has 3 unspecified atom stereocenters. The van der Waals surface area contributed by atoms with Crippen molar-refractivity contribution in [1.29, 1.82) is 0 Å². The van der Waals surface area contributed by atoms with E-state index in [2.05, 4.69) is 19.2 Å². The third-order valence-corrected chi connectivity index (χ3v) is 6.68. The first-order valence-electron chi connectivity index (χ1n) is 8.56. The Morgan fingerprint density at radius 1 is 1.14 bits per heavy atom. The molecule has 3 atom stereocenters. The van der Waals surface area contributed by atoms with Gasteiger partial charge in [0.05, 0.1) is 5.41 Å². The van der Waals surface area contributed by atoms with E-state index in [4.69, 9.17) is 5.73 Å². The van der Waals surface area contributed by atoms with Crippen molar-refractivity contribution >= 4 is 5.91 Å². The quantitative estimate of drug-likeness (QED) is 0.839. The van der Waals surface area contributed by atoms with Crippen molar-refractivity contribution in [2.75, 3.05) is 0 Å². The van der Waals surface area contributed by atoms with Crippen molar-refractivity contribution in [3.63, 3.8) is 0 Å². The van der Waals surface area contributed by atoms with Crippen LogP contribution in [0.25, 0.3) is 0 Å². The van der Waals surface area contributed by atoms with Crippen LogP contribution < -0.4 is 11.1 Å². The fourth-order valence-corrected chi connectivity index (χ4v) is 6.24. The van der Waals surface area contributed by atoms with Gasteiger partial charge >= 0.3 is 0 Å². The lowest BCUT2D eigenvalue weighted by atomic mass is 9.40. The number of nitrogens with one attached hydrogen (secondary N) is 1. The van der Waals surface area contributed by atoms with Crippen LogP contribution in [0.3, 0.4) is 0 Å². The topological polar surface area (TPSA) is 55.1 Å². The number of carbonyl (C=O) groups excluding carboxylic acids is 1. The third kappa shape index (κ3) is 2.42. The molecule has 3 heteroatoms. The molecule has 0 radical (unpaired) electrons. The number of carbonyl (C=O) groups is 1. The summed E-state index contributed by atoms with van der Waals surface area (Å²) in [5, 5.41) is 3.28. The molecule has 0 spiro atoms. The molecule has 0 aromatic heterocycles. The molecule has 0 aromatic carbocycles. The van der Waals surface area contributed by atoms with Gasteiger partial charge in [-0.15, -0.1) is 0 Å². The van der Waals surface area contributed by atoms with E-state index >= 15 is 0 Å². The number of hydrogen-bond acceptors (Lipinski definition) is 2. The van der Waals surface area contributed by atoms with E-state index in [0.717, 1.165) is 25.2 Å². The monoisotopic (exact) mass is 292 g/mol. The van der Waals surface area contributed by atoms with E-state index in [0.29, 0.717) is 10.8 Å². The summed E-state index contributed by atoms with van der Waals surface area (Å²) in [4.78, 5) is 13.1. The maximum atomic E-state index is 13.1. The standard InChI is InChI=1S/C18H32N2O/c1-12(19)15(2,3)20-14(21)18-8-13-6-16(4,10-18)9-17(5,7-13)11-18/h12-13H,6-11,19H2,1-5H3,(H,20,21). The maximum absolute atomic E-state index is 13.1. The molecule has 4 bridgehead atoms. The SMILES string of the molecule is CC(N)C(C)(C)NC(=O)C12CC3CC(C)(CC(C)(C3)C1)C2. The molecule has 4 saturated carbocycles. The molecular formula is C18H32N2O. The summed E-state index contributed by atoms with van der Waals surface area (Å²) in [5.41, 5.74) is 6.34. The van der Waals surface area contributed by atoms with Crippen molar-refractivity contribution in [3.05, 3.63) is 0 Å². The summed E-state index contributed by atoms with van der Waals surface area (Å²) in [6, 6.07) is -0.0402. The number of nitrogens with two attached hydrogens (primary N) is 1. The molecule has 4 fully saturated rings. The van der Waals surface area contributed by atoms with Gasteiger partial charge in [0.2, 0.25) is 5.91 Å². The van der Waals surface area contributed by atoms with Crippen LogP contribution in [0.5, 0.6) is 0 Å². The Morgan fingerprint density at radius 2 is 1.67 bits per heavy atom. The lowest BCUT2D eigenvalue weighted by molar-refractivity contribution is -0.171. The van der Waals surface area contributed by atoms with Crippen molar-refractivity contribution in [1.82, 2.24) is 5.32 Å². The van der Waals surface area contributed by atoms with Gasteiger partial charge in [-0.25, -0.2) is 0 Å². The molecule has 120 valence electrons. The Bertz CT molecular complexity index is 450. The molecule has 3 N–H and O–H groups in total. The van der Waals surface area contributed by atoms with Crippen LogP contribution in [0.1, 0.15) is 73.1 Å². The zero-order valence-electron chi connectivity index (χ0n) is 14.4. The zero-order valence-corrected chi connectivity index (χ0v) is 14.4. The first kappa shape index (κ1) is 15.3. The Hall–Kier alpha value is -0.570. The Morgan fingerprint density at radius 3 is 2.10 bits per heavy atom. The Balaban J connectivity index is 1.86. The fourth-order valence-electron chi connectivity index (χ4n) is 6.24. The lowest BCUT2D eigenvalue weighted by Crippen LogP contribution is -2.64. The first-order chi connectivity index (χ1) is 9.48. The summed E-state index contributed by atoms with van der Waals surface area (Å²) in [5.74, 6) is 1.02. The van der Waals surface area contributed by atoms with Gasteiger partial charge in [0.1, 0.15) is 0 Å². The highest BCUT2D eigenvalue weighted by atomic mass is 16.2. The average molecular weight is 292 g/mol. The Labute approximate surface area is 129 Å². The highest BCUT2D eigenvalue weighted by Gasteiger charge is 2.62. The molecule has 0 saturated heterocycles. The Kier molecular flexibility index (Phi) is 3.10. The van der Waals surface area contributed by atoms with E-state index in [1.54, 1.807) is 0 Å². The van der Waals surface area contributed by atoms with Crippen molar-refractivity contribution in [2.45, 2.75) is 84.7 Å². The van der Waals surface area contributed by atoms with Crippen molar-refractivity contribution in [3.8, 4) is 0 Å². The third-order valence-electron chi connectivity index (χ3n) is 6.68. The smallest absolute Gasteiger partial charge is 0.226 e. The van der Waals surface area contributed by atoms with Gasteiger partial charge in [-0.05, 0) is 76.0 Å². The average Bonchev–Trinajstić information content (AvgIpc) is 2.22. The molecule has 0 aliphatic heterocycles. The summed E-state index contributed by atoms with van der Waals surface area (Å²) in [6.45, 7) is 10.9. The van der Waals surface area contributed by atoms with E-state index in [1.165, 1.54) is 19.3 Å². The molecule has 4 aliphatic rings. The van der Waals surface area contributed by atoms with Gasteiger partial charge in [-0.2, -0.15) is 0 Å². The molecule has 0 aromatic rings. The van der Waals surface area contributed by atoms with E-state index in [-0.39, 0.29) is 22.9 Å². The second kappa shape index (κ2) is 4.24. The van der Waals surface area contributed by atoms with Crippen LogP contribution in [-0.4, -0.2) is 17.5 Å². The minimum Gasteiger partial charge on any atom is -0.349 e. The zero-order chi connectivity index (χ0) is 15.7. The van der Waals surface area contributed by atoms with Crippen molar-refractivity contribution < 1.29 is 4.79 Å². The molecule has 4 aliphatic carbocycles. The van der Waals surface area contributed by atoms with Crippen LogP contribution in [-0.2, 0) is 4.79 Å². The first-order valence-corrected chi connectivity index (χ1v) is 8.56. The van der Waals surface area contributed by atoms with Gasteiger partial charge in [0.15, 0.2) is 0 Å². The molecule has 3 nitrogen and oxygen atoms in total. The van der Waals surface area contributed by atoms with E-state index in [1.807, 2.05) is 20.8 Å². The van der Waals surface area contributed by atoms with Crippen LogP contribution >= 0.6 is 0 Å².